The average Bonchev–Trinajstić information content (AvgIpc) is 3.12. The summed E-state index contributed by atoms with van der Waals surface area (Å²) in [6, 6.07) is 9.76. The van der Waals surface area contributed by atoms with Crippen molar-refractivity contribution >= 4 is 23.2 Å². The zero-order valence-corrected chi connectivity index (χ0v) is 18.2. The highest BCUT2D eigenvalue weighted by atomic mass is 32.1. The highest BCUT2D eigenvalue weighted by molar-refractivity contribution is 7.17. The Morgan fingerprint density at radius 2 is 1.73 bits per heavy atom. The normalized spacial score (nSPS) is 29.0. The first-order valence-corrected chi connectivity index (χ1v) is 11.8. The lowest BCUT2D eigenvalue weighted by molar-refractivity contribution is -0.126. The Hall–Kier alpha value is -2.21. The molecule has 2 aromatic rings. The van der Waals surface area contributed by atoms with Gasteiger partial charge in [0.05, 0.1) is 5.69 Å². The van der Waals surface area contributed by atoms with Gasteiger partial charge in [0.25, 0.3) is 5.91 Å². The van der Waals surface area contributed by atoms with Crippen molar-refractivity contribution in [2.24, 2.45) is 23.2 Å². The number of esters is 1. The number of aryl methyl sites for hydroxylation is 1. The number of hydrogen-bond donors (Lipinski definition) is 1. The molecule has 5 nitrogen and oxygen atoms in total. The molecule has 1 heterocycles. The molecule has 6 rings (SSSR count). The van der Waals surface area contributed by atoms with Gasteiger partial charge in [-0.05, 0) is 68.6 Å². The van der Waals surface area contributed by atoms with Crippen molar-refractivity contribution in [3.05, 3.63) is 40.9 Å². The Kier molecular flexibility index (Phi) is 5.13. The molecule has 4 aliphatic carbocycles. The monoisotopic (exact) mass is 424 g/mol. The van der Waals surface area contributed by atoms with Crippen LogP contribution in [0.5, 0.6) is 0 Å². The fourth-order valence-electron chi connectivity index (χ4n) is 6.33. The van der Waals surface area contributed by atoms with Gasteiger partial charge in [-0.1, -0.05) is 30.3 Å². The van der Waals surface area contributed by atoms with E-state index in [0.29, 0.717) is 10.6 Å². The van der Waals surface area contributed by atoms with E-state index in [1.807, 2.05) is 30.3 Å². The molecule has 0 saturated heterocycles. The first-order chi connectivity index (χ1) is 14.5. The van der Waals surface area contributed by atoms with Crippen molar-refractivity contribution in [3.63, 3.8) is 0 Å². The van der Waals surface area contributed by atoms with Gasteiger partial charge in [-0.3, -0.25) is 4.79 Å². The number of hydrogen-bond acceptors (Lipinski definition) is 5. The van der Waals surface area contributed by atoms with Crippen molar-refractivity contribution < 1.29 is 14.3 Å². The van der Waals surface area contributed by atoms with Gasteiger partial charge < -0.3 is 10.1 Å². The smallest absolute Gasteiger partial charge is 0.350 e. The fraction of sp³-hybridized carbons (Fsp3) is 0.542. The van der Waals surface area contributed by atoms with Crippen LogP contribution in [0, 0.1) is 30.1 Å². The van der Waals surface area contributed by atoms with Crippen molar-refractivity contribution in [1.29, 1.82) is 0 Å². The Balaban J connectivity index is 1.15. The molecule has 0 spiro atoms. The summed E-state index contributed by atoms with van der Waals surface area (Å²) < 4.78 is 5.31. The van der Waals surface area contributed by atoms with Crippen LogP contribution in [0.2, 0.25) is 0 Å². The van der Waals surface area contributed by atoms with E-state index in [2.05, 4.69) is 10.3 Å². The predicted octanol–water partition coefficient (Wildman–Crippen LogP) is 4.61. The van der Waals surface area contributed by atoms with E-state index in [9.17, 15) is 9.59 Å². The summed E-state index contributed by atoms with van der Waals surface area (Å²) >= 11 is 1.31. The maximum Gasteiger partial charge on any atom is 0.350 e. The molecule has 1 amide bonds. The third kappa shape index (κ3) is 3.89. The largest absolute Gasteiger partial charge is 0.451 e. The second-order valence-corrected chi connectivity index (χ2v) is 10.6. The lowest BCUT2D eigenvalue weighted by Crippen LogP contribution is -2.51. The van der Waals surface area contributed by atoms with Gasteiger partial charge in [0.2, 0.25) is 0 Å². The lowest BCUT2D eigenvalue weighted by atomic mass is 9.49. The topological polar surface area (TPSA) is 68.3 Å². The van der Waals surface area contributed by atoms with Crippen LogP contribution in [0.3, 0.4) is 0 Å². The second-order valence-electron chi connectivity index (χ2n) is 9.57. The van der Waals surface area contributed by atoms with E-state index in [0.717, 1.165) is 34.9 Å². The Morgan fingerprint density at radius 3 is 2.37 bits per heavy atom. The maximum atomic E-state index is 12.5. The number of carbonyl (C=O) groups excluding carboxylic acids is 2. The molecule has 4 aliphatic rings. The van der Waals surface area contributed by atoms with E-state index in [1.54, 1.807) is 6.92 Å². The van der Waals surface area contributed by atoms with Gasteiger partial charge in [-0.25, -0.2) is 9.78 Å². The third-order valence-electron chi connectivity index (χ3n) is 7.16. The Morgan fingerprint density at radius 1 is 1.10 bits per heavy atom. The van der Waals surface area contributed by atoms with Crippen LogP contribution in [-0.2, 0) is 9.53 Å². The molecule has 1 aromatic carbocycles. The zero-order chi connectivity index (χ0) is 20.7. The van der Waals surface area contributed by atoms with Crippen LogP contribution in [0.4, 0.5) is 0 Å². The number of rotatable bonds is 6. The molecular weight excluding hydrogens is 396 g/mol. The molecule has 1 aromatic heterocycles. The van der Waals surface area contributed by atoms with E-state index in [-0.39, 0.29) is 17.9 Å². The van der Waals surface area contributed by atoms with Crippen LogP contribution < -0.4 is 5.32 Å². The number of nitrogens with one attached hydrogen (secondary N) is 1. The minimum Gasteiger partial charge on any atom is -0.451 e. The number of carbonyl (C=O) groups is 2. The highest BCUT2D eigenvalue weighted by Crippen LogP contribution is 2.59. The van der Waals surface area contributed by atoms with E-state index in [1.165, 1.54) is 49.9 Å². The summed E-state index contributed by atoms with van der Waals surface area (Å²) in [4.78, 5) is 29.8. The molecular formula is C24H28N2O3S. The summed E-state index contributed by atoms with van der Waals surface area (Å²) in [7, 11) is 0. The Labute approximate surface area is 181 Å². The maximum absolute atomic E-state index is 12.5. The summed E-state index contributed by atoms with van der Waals surface area (Å²) in [5.41, 5.74) is 1.89. The quantitative estimate of drug-likeness (QED) is 0.688. The summed E-state index contributed by atoms with van der Waals surface area (Å²) in [6.07, 6.45) is 7.93. The van der Waals surface area contributed by atoms with Crippen molar-refractivity contribution in [2.75, 3.05) is 13.2 Å². The molecule has 4 bridgehead atoms. The van der Waals surface area contributed by atoms with E-state index >= 15 is 0 Å². The van der Waals surface area contributed by atoms with Crippen LogP contribution in [0.25, 0.3) is 10.6 Å². The van der Waals surface area contributed by atoms with Gasteiger partial charge in [0, 0.05) is 12.1 Å². The average molecular weight is 425 g/mol. The minimum atomic E-state index is -0.475. The van der Waals surface area contributed by atoms with Crippen LogP contribution >= 0.6 is 11.3 Å². The number of aromatic nitrogens is 1. The zero-order valence-electron chi connectivity index (χ0n) is 17.4. The highest BCUT2D eigenvalue weighted by Gasteiger charge is 2.50. The van der Waals surface area contributed by atoms with Gasteiger partial charge >= 0.3 is 5.97 Å². The predicted molar refractivity (Wildman–Crippen MR) is 116 cm³/mol. The molecule has 0 unspecified atom stereocenters. The summed E-state index contributed by atoms with van der Waals surface area (Å²) in [6.45, 7) is 2.29. The molecule has 0 aliphatic heterocycles. The van der Waals surface area contributed by atoms with Crippen LogP contribution in [-0.4, -0.2) is 30.0 Å². The number of ether oxygens (including phenoxy) is 1. The van der Waals surface area contributed by atoms with Crippen molar-refractivity contribution in [1.82, 2.24) is 10.3 Å². The third-order valence-corrected chi connectivity index (χ3v) is 8.35. The van der Waals surface area contributed by atoms with Crippen LogP contribution in [0.15, 0.2) is 30.3 Å². The summed E-state index contributed by atoms with van der Waals surface area (Å²) in [5, 5.41) is 3.85. The first-order valence-electron chi connectivity index (χ1n) is 11.0. The van der Waals surface area contributed by atoms with Gasteiger partial charge in [-0.15, -0.1) is 11.3 Å². The Bertz CT molecular complexity index is 917. The number of thiazole rings is 1. The molecule has 30 heavy (non-hydrogen) atoms. The molecule has 1 N–H and O–H groups in total. The molecule has 4 fully saturated rings. The van der Waals surface area contributed by atoms with Crippen molar-refractivity contribution in [2.45, 2.75) is 45.4 Å². The van der Waals surface area contributed by atoms with E-state index < -0.39 is 5.97 Å². The van der Waals surface area contributed by atoms with Gasteiger partial charge in [0.1, 0.15) is 9.88 Å². The molecule has 6 heteroatoms. The molecule has 0 atom stereocenters. The fourth-order valence-corrected chi connectivity index (χ4v) is 7.30. The minimum absolute atomic E-state index is 0.204. The summed E-state index contributed by atoms with van der Waals surface area (Å²) in [5.74, 6) is 1.90. The lowest BCUT2D eigenvalue weighted by Gasteiger charge is -2.56. The SMILES string of the molecule is Cc1nc(-c2ccccc2)sc1C(=O)OCC(=O)NCC12CC3CC(CC(C3)C1)C2. The second kappa shape index (κ2) is 7.80. The first kappa shape index (κ1) is 19.7. The molecule has 0 radical (unpaired) electrons. The number of amides is 1. The molecule has 4 saturated carbocycles. The van der Waals surface area contributed by atoms with Gasteiger partial charge in [0.15, 0.2) is 6.61 Å². The van der Waals surface area contributed by atoms with Crippen molar-refractivity contribution in [3.8, 4) is 10.6 Å². The number of nitrogens with zero attached hydrogens (tertiary/aromatic N) is 1. The standard InChI is InChI=1S/C24H28N2O3S/c1-15-21(30-22(26-15)19-5-3-2-4-6-19)23(28)29-13-20(27)25-14-24-10-16-7-17(11-24)9-18(8-16)12-24/h2-6,16-18H,7-14H2,1H3,(H,25,27). The van der Waals surface area contributed by atoms with E-state index in [4.69, 9.17) is 4.74 Å². The van der Waals surface area contributed by atoms with Crippen LogP contribution in [0.1, 0.15) is 53.9 Å². The van der Waals surface area contributed by atoms with Gasteiger partial charge in [-0.2, -0.15) is 0 Å². The number of benzene rings is 1. The molecule has 158 valence electrons.